The van der Waals surface area contributed by atoms with E-state index in [2.05, 4.69) is 25.9 Å². The summed E-state index contributed by atoms with van der Waals surface area (Å²) in [6.07, 6.45) is 2.04. The molecule has 0 saturated carbocycles. The summed E-state index contributed by atoms with van der Waals surface area (Å²) in [6, 6.07) is 0. The molecule has 1 heterocycles. The average molecular weight is 170 g/mol. The van der Waals surface area contributed by atoms with Crippen LogP contribution >= 0.6 is 0 Å². The molecule has 1 atom stereocenters. The Bertz CT molecular complexity index is 181. The molecule has 1 rings (SSSR count). The predicted molar refractivity (Wildman–Crippen MR) is 50.1 cm³/mol. The van der Waals surface area contributed by atoms with Crippen molar-refractivity contribution in [2.24, 2.45) is 16.3 Å². The highest BCUT2D eigenvalue weighted by molar-refractivity contribution is 5.85. The number of nitrogens with zero attached hydrogens (tertiary/aromatic N) is 1. The van der Waals surface area contributed by atoms with Crippen LogP contribution in [0.25, 0.3) is 0 Å². The lowest BCUT2D eigenvalue weighted by molar-refractivity contribution is 0.0918. The van der Waals surface area contributed by atoms with E-state index in [1.54, 1.807) is 0 Å². The minimum atomic E-state index is 0.127. The van der Waals surface area contributed by atoms with Gasteiger partial charge in [-0.1, -0.05) is 25.9 Å². The Morgan fingerprint density at radius 2 is 2.25 bits per heavy atom. The Kier molecular flexibility index (Phi) is 2.73. The summed E-state index contributed by atoms with van der Waals surface area (Å²) < 4.78 is 0. The van der Waals surface area contributed by atoms with Crippen molar-refractivity contribution in [3.8, 4) is 0 Å². The van der Waals surface area contributed by atoms with Gasteiger partial charge in [-0.15, -0.1) is 0 Å². The summed E-state index contributed by atoms with van der Waals surface area (Å²) in [5.41, 5.74) is 6.91. The molecule has 70 valence electrons. The van der Waals surface area contributed by atoms with Crippen molar-refractivity contribution in [2.75, 3.05) is 6.54 Å². The lowest BCUT2D eigenvalue weighted by atomic mass is 9.88. The number of nitrogens with two attached hydrogens (primary N) is 1. The fourth-order valence-corrected chi connectivity index (χ4v) is 1.33. The normalized spacial score (nSPS) is 23.7. The van der Waals surface area contributed by atoms with Crippen LogP contribution in [0, 0.1) is 5.41 Å². The maximum absolute atomic E-state index is 5.46. The van der Waals surface area contributed by atoms with Crippen molar-refractivity contribution in [1.29, 1.82) is 0 Å². The molecule has 1 aliphatic rings. The molecule has 0 spiro atoms. The van der Waals surface area contributed by atoms with Crippen molar-refractivity contribution in [2.45, 2.75) is 39.7 Å². The van der Waals surface area contributed by atoms with Crippen LogP contribution in [0.3, 0.4) is 0 Å². The molecular weight excluding hydrogens is 152 g/mol. The van der Waals surface area contributed by atoms with E-state index >= 15 is 0 Å². The quantitative estimate of drug-likeness (QED) is 0.683. The van der Waals surface area contributed by atoms with E-state index in [1.165, 1.54) is 0 Å². The highest BCUT2D eigenvalue weighted by atomic mass is 16.6. The van der Waals surface area contributed by atoms with Gasteiger partial charge in [0.15, 0.2) is 0 Å². The standard InChI is InChI=1S/C9H18N2O/c1-9(2,3)5-7-4-8(6-10)12-11-7/h8H,4-6,10H2,1-3H3. The molecule has 12 heavy (non-hydrogen) atoms. The van der Waals surface area contributed by atoms with Gasteiger partial charge in [-0.05, 0) is 11.8 Å². The first-order valence-corrected chi connectivity index (χ1v) is 4.43. The SMILES string of the molecule is CC(C)(C)CC1=NOC(CN)C1. The first-order valence-electron chi connectivity index (χ1n) is 4.43. The molecule has 2 N–H and O–H groups in total. The Balaban J connectivity index is 2.37. The van der Waals surface area contributed by atoms with Gasteiger partial charge in [-0.3, -0.25) is 0 Å². The molecule has 0 amide bonds. The van der Waals surface area contributed by atoms with Gasteiger partial charge in [0.1, 0.15) is 6.10 Å². The predicted octanol–water partition coefficient (Wildman–Crippen LogP) is 1.53. The summed E-state index contributed by atoms with van der Waals surface area (Å²) in [7, 11) is 0. The molecule has 0 fully saturated rings. The van der Waals surface area contributed by atoms with Gasteiger partial charge in [0, 0.05) is 13.0 Å². The highest BCUT2D eigenvalue weighted by Gasteiger charge is 2.23. The maximum atomic E-state index is 5.46. The minimum absolute atomic E-state index is 0.127. The van der Waals surface area contributed by atoms with Crippen molar-refractivity contribution >= 4 is 5.71 Å². The first kappa shape index (κ1) is 9.52. The molecule has 1 unspecified atom stereocenters. The topological polar surface area (TPSA) is 47.6 Å². The second-order valence-corrected chi connectivity index (χ2v) is 4.56. The summed E-state index contributed by atoms with van der Waals surface area (Å²) in [6.45, 7) is 7.17. The van der Waals surface area contributed by atoms with Crippen LogP contribution < -0.4 is 5.73 Å². The van der Waals surface area contributed by atoms with E-state index in [-0.39, 0.29) is 6.10 Å². The summed E-state index contributed by atoms with van der Waals surface area (Å²) in [5.74, 6) is 0. The number of hydrogen-bond acceptors (Lipinski definition) is 3. The monoisotopic (exact) mass is 170 g/mol. The smallest absolute Gasteiger partial charge is 0.145 e. The van der Waals surface area contributed by atoms with Gasteiger partial charge >= 0.3 is 0 Å². The van der Waals surface area contributed by atoms with Crippen LogP contribution in [0.1, 0.15) is 33.6 Å². The minimum Gasteiger partial charge on any atom is -0.391 e. The average Bonchev–Trinajstić information content (AvgIpc) is 2.32. The molecule has 0 saturated heterocycles. The van der Waals surface area contributed by atoms with Gasteiger partial charge in [0.25, 0.3) is 0 Å². The third-order valence-electron chi connectivity index (χ3n) is 1.79. The van der Waals surface area contributed by atoms with Crippen LogP contribution in [0.2, 0.25) is 0 Å². The molecule has 3 heteroatoms. The van der Waals surface area contributed by atoms with E-state index in [1.807, 2.05) is 0 Å². The van der Waals surface area contributed by atoms with E-state index in [9.17, 15) is 0 Å². The first-order chi connectivity index (χ1) is 5.51. The third kappa shape index (κ3) is 2.81. The van der Waals surface area contributed by atoms with E-state index < -0.39 is 0 Å². The highest BCUT2D eigenvalue weighted by Crippen LogP contribution is 2.23. The Hall–Kier alpha value is -0.570. The Morgan fingerprint density at radius 1 is 1.58 bits per heavy atom. The molecule has 0 bridgehead atoms. The van der Waals surface area contributed by atoms with Crippen LogP contribution in [-0.2, 0) is 4.84 Å². The molecule has 1 aliphatic heterocycles. The van der Waals surface area contributed by atoms with Crippen molar-refractivity contribution in [3.05, 3.63) is 0 Å². The lowest BCUT2D eigenvalue weighted by Crippen LogP contribution is -2.21. The zero-order chi connectivity index (χ0) is 9.19. The Morgan fingerprint density at radius 3 is 2.67 bits per heavy atom. The van der Waals surface area contributed by atoms with E-state index in [0.29, 0.717) is 12.0 Å². The lowest BCUT2D eigenvalue weighted by Gasteiger charge is -2.16. The number of rotatable bonds is 2. The van der Waals surface area contributed by atoms with E-state index in [4.69, 9.17) is 10.6 Å². The maximum Gasteiger partial charge on any atom is 0.145 e. The molecule has 0 radical (unpaired) electrons. The van der Waals surface area contributed by atoms with Crippen LogP contribution in [0.15, 0.2) is 5.16 Å². The molecule has 0 aliphatic carbocycles. The molecule has 0 aromatic heterocycles. The van der Waals surface area contributed by atoms with Gasteiger partial charge in [-0.2, -0.15) is 0 Å². The van der Waals surface area contributed by atoms with Gasteiger partial charge in [0.2, 0.25) is 0 Å². The van der Waals surface area contributed by atoms with Crippen molar-refractivity contribution < 1.29 is 4.84 Å². The zero-order valence-corrected chi connectivity index (χ0v) is 8.13. The van der Waals surface area contributed by atoms with E-state index in [0.717, 1.165) is 18.6 Å². The fraction of sp³-hybridized carbons (Fsp3) is 0.889. The molecule has 3 nitrogen and oxygen atoms in total. The summed E-state index contributed by atoms with van der Waals surface area (Å²) >= 11 is 0. The van der Waals surface area contributed by atoms with Gasteiger partial charge in [0.05, 0.1) is 5.71 Å². The van der Waals surface area contributed by atoms with Crippen LogP contribution in [0.4, 0.5) is 0 Å². The summed E-state index contributed by atoms with van der Waals surface area (Å²) in [5, 5.41) is 4.01. The second kappa shape index (κ2) is 3.44. The van der Waals surface area contributed by atoms with Crippen LogP contribution in [0.5, 0.6) is 0 Å². The van der Waals surface area contributed by atoms with Crippen molar-refractivity contribution in [1.82, 2.24) is 0 Å². The third-order valence-corrected chi connectivity index (χ3v) is 1.79. The molecular formula is C9H18N2O. The summed E-state index contributed by atoms with van der Waals surface area (Å²) in [4.78, 5) is 5.12. The fourth-order valence-electron chi connectivity index (χ4n) is 1.33. The molecule has 0 aromatic rings. The largest absolute Gasteiger partial charge is 0.391 e. The molecule has 0 aromatic carbocycles. The van der Waals surface area contributed by atoms with Gasteiger partial charge in [-0.25, -0.2) is 0 Å². The van der Waals surface area contributed by atoms with Crippen molar-refractivity contribution in [3.63, 3.8) is 0 Å². The number of oxime groups is 1. The zero-order valence-electron chi connectivity index (χ0n) is 8.13. The second-order valence-electron chi connectivity index (χ2n) is 4.56. The van der Waals surface area contributed by atoms with Crippen LogP contribution in [-0.4, -0.2) is 18.4 Å². The Labute approximate surface area is 74.0 Å². The number of hydrogen-bond donors (Lipinski definition) is 1. The van der Waals surface area contributed by atoms with Gasteiger partial charge < -0.3 is 10.6 Å².